The molecule has 0 bridgehead atoms. The topological polar surface area (TPSA) is 59.9 Å². The number of ether oxygens (including phenoxy) is 1. The fraction of sp³-hybridized carbons (Fsp3) is 0.250. The standard InChI is InChI=1S/C12H14N4O/c1-9-6-11(17-2)16-12(15-9)14-8-10-4-3-5-13-7-10/h3-7H,8H2,1-2H3,(H,14,15,16). The summed E-state index contributed by atoms with van der Waals surface area (Å²) in [6.07, 6.45) is 3.55. The molecule has 0 aliphatic rings. The zero-order chi connectivity index (χ0) is 12.1. The first kappa shape index (κ1) is 11.3. The summed E-state index contributed by atoms with van der Waals surface area (Å²) in [4.78, 5) is 12.5. The van der Waals surface area contributed by atoms with E-state index in [2.05, 4.69) is 20.3 Å². The molecule has 0 amide bonds. The van der Waals surface area contributed by atoms with Gasteiger partial charge in [0, 0.05) is 30.7 Å². The lowest BCUT2D eigenvalue weighted by Gasteiger charge is -2.07. The molecule has 0 unspecified atom stereocenters. The molecule has 17 heavy (non-hydrogen) atoms. The lowest BCUT2D eigenvalue weighted by atomic mass is 10.3. The summed E-state index contributed by atoms with van der Waals surface area (Å²) < 4.78 is 5.08. The molecule has 0 aliphatic carbocycles. The van der Waals surface area contributed by atoms with E-state index in [4.69, 9.17) is 4.74 Å². The van der Waals surface area contributed by atoms with Crippen LogP contribution in [0.25, 0.3) is 0 Å². The quantitative estimate of drug-likeness (QED) is 0.867. The lowest BCUT2D eigenvalue weighted by Crippen LogP contribution is -2.05. The number of hydrogen-bond donors (Lipinski definition) is 1. The van der Waals surface area contributed by atoms with Gasteiger partial charge in [0.2, 0.25) is 11.8 Å². The molecule has 0 spiro atoms. The predicted molar refractivity (Wildman–Crippen MR) is 64.9 cm³/mol. The Bertz CT molecular complexity index is 487. The van der Waals surface area contributed by atoms with Crippen LogP contribution in [-0.2, 0) is 6.54 Å². The zero-order valence-electron chi connectivity index (χ0n) is 9.84. The van der Waals surface area contributed by atoms with Gasteiger partial charge in [-0.25, -0.2) is 4.98 Å². The van der Waals surface area contributed by atoms with Crippen molar-refractivity contribution in [1.29, 1.82) is 0 Å². The van der Waals surface area contributed by atoms with E-state index in [1.807, 2.05) is 19.1 Å². The number of hydrogen-bond acceptors (Lipinski definition) is 5. The molecular weight excluding hydrogens is 216 g/mol. The SMILES string of the molecule is COc1cc(C)nc(NCc2cccnc2)n1. The molecular formula is C12H14N4O. The summed E-state index contributed by atoms with van der Waals surface area (Å²) >= 11 is 0. The average molecular weight is 230 g/mol. The summed E-state index contributed by atoms with van der Waals surface area (Å²) in [6, 6.07) is 5.68. The number of rotatable bonds is 4. The zero-order valence-corrected chi connectivity index (χ0v) is 9.84. The van der Waals surface area contributed by atoms with E-state index in [1.54, 1.807) is 25.6 Å². The number of pyridine rings is 1. The predicted octanol–water partition coefficient (Wildman–Crippen LogP) is 1.80. The highest BCUT2D eigenvalue weighted by atomic mass is 16.5. The fourth-order valence-corrected chi connectivity index (χ4v) is 1.41. The van der Waals surface area contributed by atoms with E-state index in [0.717, 1.165) is 11.3 Å². The van der Waals surface area contributed by atoms with Crippen LogP contribution in [0.4, 0.5) is 5.95 Å². The van der Waals surface area contributed by atoms with Gasteiger partial charge in [-0.2, -0.15) is 4.98 Å². The van der Waals surface area contributed by atoms with Gasteiger partial charge in [-0.3, -0.25) is 4.98 Å². The van der Waals surface area contributed by atoms with Gasteiger partial charge in [0.1, 0.15) is 0 Å². The van der Waals surface area contributed by atoms with E-state index < -0.39 is 0 Å². The Hall–Kier alpha value is -2.17. The Morgan fingerprint density at radius 3 is 2.94 bits per heavy atom. The van der Waals surface area contributed by atoms with Crippen molar-refractivity contribution in [2.45, 2.75) is 13.5 Å². The maximum absolute atomic E-state index is 5.08. The van der Waals surface area contributed by atoms with Crippen LogP contribution < -0.4 is 10.1 Å². The minimum absolute atomic E-state index is 0.561. The molecule has 0 atom stereocenters. The third kappa shape index (κ3) is 3.14. The van der Waals surface area contributed by atoms with Gasteiger partial charge in [-0.05, 0) is 18.6 Å². The van der Waals surface area contributed by atoms with Crippen molar-refractivity contribution in [3.63, 3.8) is 0 Å². The maximum atomic E-state index is 5.08. The highest BCUT2D eigenvalue weighted by molar-refractivity contribution is 5.31. The lowest BCUT2D eigenvalue weighted by molar-refractivity contribution is 0.397. The molecule has 2 rings (SSSR count). The molecule has 0 aromatic carbocycles. The van der Waals surface area contributed by atoms with Gasteiger partial charge < -0.3 is 10.1 Å². The molecule has 2 aromatic rings. The van der Waals surface area contributed by atoms with Crippen molar-refractivity contribution < 1.29 is 4.74 Å². The van der Waals surface area contributed by atoms with Crippen LogP contribution in [0.1, 0.15) is 11.3 Å². The first-order valence-electron chi connectivity index (χ1n) is 5.30. The van der Waals surface area contributed by atoms with Crippen molar-refractivity contribution in [3.05, 3.63) is 41.9 Å². The van der Waals surface area contributed by atoms with Crippen LogP contribution in [0.2, 0.25) is 0 Å². The normalized spacial score (nSPS) is 10.0. The summed E-state index contributed by atoms with van der Waals surface area (Å²) in [5.41, 5.74) is 1.95. The minimum Gasteiger partial charge on any atom is -0.481 e. The van der Waals surface area contributed by atoms with Gasteiger partial charge in [0.05, 0.1) is 7.11 Å². The number of nitrogens with zero attached hydrogens (tertiary/aromatic N) is 3. The molecule has 0 saturated carbocycles. The Labute approximate surface area is 99.9 Å². The van der Waals surface area contributed by atoms with E-state index >= 15 is 0 Å². The molecule has 1 N–H and O–H groups in total. The molecule has 0 saturated heterocycles. The first-order chi connectivity index (χ1) is 8.28. The molecule has 2 aromatic heterocycles. The summed E-state index contributed by atoms with van der Waals surface area (Å²) in [6.45, 7) is 2.54. The summed E-state index contributed by atoms with van der Waals surface area (Å²) in [7, 11) is 1.59. The Kier molecular flexibility index (Phi) is 3.49. The van der Waals surface area contributed by atoms with E-state index in [-0.39, 0.29) is 0 Å². The van der Waals surface area contributed by atoms with Crippen LogP contribution >= 0.6 is 0 Å². The van der Waals surface area contributed by atoms with Crippen molar-refractivity contribution in [2.24, 2.45) is 0 Å². The molecule has 0 aliphatic heterocycles. The highest BCUT2D eigenvalue weighted by Gasteiger charge is 2.01. The summed E-state index contributed by atoms with van der Waals surface area (Å²) in [5.74, 6) is 1.12. The number of nitrogens with one attached hydrogen (secondary N) is 1. The Balaban J connectivity index is 2.06. The van der Waals surface area contributed by atoms with Crippen molar-refractivity contribution in [3.8, 4) is 5.88 Å². The smallest absolute Gasteiger partial charge is 0.226 e. The molecule has 0 radical (unpaired) electrons. The van der Waals surface area contributed by atoms with Gasteiger partial charge in [0.25, 0.3) is 0 Å². The van der Waals surface area contributed by atoms with Crippen LogP contribution in [0, 0.1) is 6.92 Å². The van der Waals surface area contributed by atoms with Gasteiger partial charge >= 0.3 is 0 Å². The van der Waals surface area contributed by atoms with E-state index in [1.165, 1.54) is 0 Å². The van der Waals surface area contributed by atoms with Crippen LogP contribution in [0.5, 0.6) is 5.88 Å². The van der Waals surface area contributed by atoms with Crippen molar-refractivity contribution >= 4 is 5.95 Å². The largest absolute Gasteiger partial charge is 0.481 e. The molecule has 88 valence electrons. The average Bonchev–Trinajstić information content (AvgIpc) is 2.37. The Morgan fingerprint density at radius 2 is 2.24 bits per heavy atom. The van der Waals surface area contributed by atoms with Gasteiger partial charge in [-0.1, -0.05) is 6.07 Å². The molecule has 5 heteroatoms. The molecule has 2 heterocycles. The number of anilines is 1. The third-order valence-corrected chi connectivity index (χ3v) is 2.21. The number of aryl methyl sites for hydroxylation is 1. The molecule has 5 nitrogen and oxygen atoms in total. The van der Waals surface area contributed by atoms with Gasteiger partial charge in [-0.15, -0.1) is 0 Å². The highest BCUT2D eigenvalue weighted by Crippen LogP contribution is 2.11. The summed E-state index contributed by atoms with van der Waals surface area (Å²) in [5, 5.41) is 3.13. The van der Waals surface area contributed by atoms with Crippen molar-refractivity contribution in [2.75, 3.05) is 12.4 Å². The van der Waals surface area contributed by atoms with Crippen LogP contribution in [0.3, 0.4) is 0 Å². The maximum Gasteiger partial charge on any atom is 0.226 e. The van der Waals surface area contributed by atoms with Crippen LogP contribution in [-0.4, -0.2) is 22.1 Å². The van der Waals surface area contributed by atoms with Crippen molar-refractivity contribution in [1.82, 2.24) is 15.0 Å². The second kappa shape index (κ2) is 5.25. The van der Waals surface area contributed by atoms with E-state index in [0.29, 0.717) is 18.4 Å². The second-order valence-electron chi connectivity index (χ2n) is 3.59. The number of methoxy groups -OCH3 is 1. The van der Waals surface area contributed by atoms with E-state index in [9.17, 15) is 0 Å². The van der Waals surface area contributed by atoms with Crippen LogP contribution in [0.15, 0.2) is 30.6 Å². The Morgan fingerprint density at radius 1 is 1.35 bits per heavy atom. The monoisotopic (exact) mass is 230 g/mol. The fourth-order valence-electron chi connectivity index (χ4n) is 1.41. The third-order valence-electron chi connectivity index (χ3n) is 2.21. The van der Waals surface area contributed by atoms with Gasteiger partial charge in [0.15, 0.2) is 0 Å². The minimum atomic E-state index is 0.561. The first-order valence-corrected chi connectivity index (χ1v) is 5.30. The second-order valence-corrected chi connectivity index (χ2v) is 3.59. The number of aromatic nitrogens is 3. The molecule has 0 fully saturated rings.